The number of nitrogens with one attached hydrogen (secondary N) is 1. The van der Waals surface area contributed by atoms with Crippen LogP contribution in [0.4, 0.5) is 13.2 Å². The molecular weight excluding hydrogens is 359 g/mol. The van der Waals surface area contributed by atoms with Crippen molar-refractivity contribution in [2.45, 2.75) is 24.9 Å². The van der Waals surface area contributed by atoms with Crippen molar-refractivity contribution in [2.24, 2.45) is 11.1 Å². The standard InChI is InChI=1S/C15H22F3N3O3S/c1-14(2,9-19)10-21(3)13(22)8-20-25(23,24)12-6-4-5-11(7-12)15(16,17)18/h4-7,20H,8-10,19H2,1-3H3. The molecule has 1 amide bonds. The number of carbonyl (C=O) groups excluding carboxylic acids is 1. The average Bonchev–Trinajstić information content (AvgIpc) is 2.51. The highest BCUT2D eigenvalue weighted by Crippen LogP contribution is 2.30. The number of nitrogens with zero attached hydrogens (tertiary/aromatic N) is 1. The number of alkyl halides is 3. The predicted molar refractivity (Wildman–Crippen MR) is 87.1 cm³/mol. The van der Waals surface area contributed by atoms with Crippen LogP contribution in [0, 0.1) is 5.41 Å². The minimum atomic E-state index is -4.66. The van der Waals surface area contributed by atoms with E-state index in [0.29, 0.717) is 19.2 Å². The van der Waals surface area contributed by atoms with E-state index in [1.165, 1.54) is 11.9 Å². The summed E-state index contributed by atoms with van der Waals surface area (Å²) in [7, 11) is -2.74. The van der Waals surface area contributed by atoms with Crippen molar-refractivity contribution in [1.29, 1.82) is 0 Å². The molecule has 1 aromatic carbocycles. The van der Waals surface area contributed by atoms with Gasteiger partial charge in [-0.25, -0.2) is 13.1 Å². The minimum absolute atomic E-state index is 0.313. The Hall–Kier alpha value is -1.65. The Morgan fingerprint density at radius 3 is 2.40 bits per heavy atom. The molecular formula is C15H22F3N3O3S. The first-order valence-corrected chi connectivity index (χ1v) is 8.88. The fraction of sp³-hybridized carbons (Fsp3) is 0.533. The number of hydrogen-bond acceptors (Lipinski definition) is 4. The van der Waals surface area contributed by atoms with Gasteiger partial charge in [0.15, 0.2) is 0 Å². The van der Waals surface area contributed by atoms with Crippen molar-refractivity contribution < 1.29 is 26.4 Å². The lowest BCUT2D eigenvalue weighted by atomic mass is 9.93. The summed E-state index contributed by atoms with van der Waals surface area (Å²) in [5.74, 6) is -0.517. The molecule has 0 radical (unpaired) electrons. The molecule has 0 fully saturated rings. The van der Waals surface area contributed by atoms with E-state index < -0.39 is 39.1 Å². The monoisotopic (exact) mass is 381 g/mol. The van der Waals surface area contributed by atoms with E-state index in [2.05, 4.69) is 0 Å². The van der Waals surface area contributed by atoms with Crippen LogP contribution in [0.2, 0.25) is 0 Å². The zero-order valence-corrected chi connectivity index (χ0v) is 15.0. The molecule has 0 aliphatic heterocycles. The van der Waals surface area contributed by atoms with Crippen molar-refractivity contribution in [3.63, 3.8) is 0 Å². The summed E-state index contributed by atoms with van der Waals surface area (Å²) in [5.41, 5.74) is 4.16. The largest absolute Gasteiger partial charge is 0.416 e. The fourth-order valence-electron chi connectivity index (χ4n) is 2.01. The third-order valence-electron chi connectivity index (χ3n) is 3.53. The molecule has 0 bridgehead atoms. The molecule has 3 N–H and O–H groups in total. The molecule has 10 heteroatoms. The third kappa shape index (κ3) is 6.29. The SMILES string of the molecule is CN(CC(C)(C)CN)C(=O)CNS(=O)(=O)c1cccc(C(F)(F)F)c1. The lowest BCUT2D eigenvalue weighted by Crippen LogP contribution is -2.44. The predicted octanol–water partition coefficient (Wildman–Crippen LogP) is 1.43. The zero-order valence-electron chi connectivity index (χ0n) is 14.2. The summed E-state index contributed by atoms with van der Waals surface area (Å²) in [6, 6.07) is 3.32. The second-order valence-electron chi connectivity index (χ2n) is 6.47. The summed E-state index contributed by atoms with van der Waals surface area (Å²) < 4.78 is 64.3. The molecule has 142 valence electrons. The number of hydrogen-bond donors (Lipinski definition) is 2. The molecule has 0 saturated heterocycles. The maximum atomic E-state index is 12.7. The van der Waals surface area contributed by atoms with Gasteiger partial charge in [0.05, 0.1) is 17.0 Å². The van der Waals surface area contributed by atoms with Crippen LogP contribution in [-0.2, 0) is 21.0 Å². The van der Waals surface area contributed by atoms with Crippen molar-refractivity contribution in [3.8, 4) is 0 Å². The van der Waals surface area contributed by atoms with Crippen LogP contribution >= 0.6 is 0 Å². The van der Waals surface area contributed by atoms with E-state index in [1.807, 2.05) is 18.6 Å². The molecule has 0 atom stereocenters. The molecule has 1 aromatic rings. The highest BCUT2D eigenvalue weighted by Gasteiger charge is 2.31. The van der Waals surface area contributed by atoms with E-state index in [1.54, 1.807) is 0 Å². The van der Waals surface area contributed by atoms with Crippen LogP contribution < -0.4 is 10.5 Å². The Morgan fingerprint density at radius 2 is 1.88 bits per heavy atom. The number of likely N-dealkylation sites (N-methyl/N-ethyl adjacent to an activating group) is 1. The Bertz CT molecular complexity index is 718. The van der Waals surface area contributed by atoms with E-state index in [-0.39, 0.29) is 5.41 Å². The van der Waals surface area contributed by atoms with Crippen LogP contribution in [0.15, 0.2) is 29.2 Å². The van der Waals surface area contributed by atoms with Gasteiger partial charge >= 0.3 is 6.18 Å². The Morgan fingerprint density at radius 1 is 1.28 bits per heavy atom. The summed E-state index contributed by atoms with van der Waals surface area (Å²) in [5, 5.41) is 0. The smallest absolute Gasteiger partial charge is 0.344 e. The summed E-state index contributed by atoms with van der Waals surface area (Å²) >= 11 is 0. The van der Waals surface area contributed by atoms with Gasteiger partial charge in [-0.05, 0) is 30.2 Å². The number of rotatable bonds is 7. The molecule has 0 saturated carbocycles. The number of carbonyl (C=O) groups is 1. The van der Waals surface area contributed by atoms with E-state index in [0.717, 1.165) is 18.2 Å². The number of sulfonamides is 1. The van der Waals surface area contributed by atoms with Crippen molar-refractivity contribution >= 4 is 15.9 Å². The molecule has 0 spiro atoms. The lowest BCUT2D eigenvalue weighted by Gasteiger charge is -2.29. The number of halogens is 3. The molecule has 6 nitrogen and oxygen atoms in total. The maximum Gasteiger partial charge on any atom is 0.416 e. The van der Waals surface area contributed by atoms with Crippen molar-refractivity contribution in [3.05, 3.63) is 29.8 Å². The van der Waals surface area contributed by atoms with Crippen LogP contribution in [0.25, 0.3) is 0 Å². The first-order chi connectivity index (χ1) is 11.3. The quantitative estimate of drug-likeness (QED) is 0.747. The lowest BCUT2D eigenvalue weighted by molar-refractivity contribution is -0.137. The molecule has 0 unspecified atom stereocenters. The van der Waals surface area contributed by atoms with Gasteiger partial charge < -0.3 is 10.6 Å². The van der Waals surface area contributed by atoms with Crippen LogP contribution in [-0.4, -0.2) is 45.9 Å². The molecule has 0 heterocycles. The third-order valence-corrected chi connectivity index (χ3v) is 4.93. The van der Waals surface area contributed by atoms with E-state index >= 15 is 0 Å². The normalized spacial score (nSPS) is 12.9. The number of amides is 1. The van der Waals surface area contributed by atoms with Gasteiger partial charge in [0.1, 0.15) is 0 Å². The molecule has 0 aromatic heterocycles. The van der Waals surface area contributed by atoms with Gasteiger partial charge in [-0.2, -0.15) is 13.2 Å². The molecule has 0 aliphatic carbocycles. The second-order valence-corrected chi connectivity index (χ2v) is 8.24. The van der Waals surface area contributed by atoms with E-state index in [9.17, 15) is 26.4 Å². The van der Waals surface area contributed by atoms with Crippen LogP contribution in [0.5, 0.6) is 0 Å². The van der Waals surface area contributed by atoms with Gasteiger partial charge in [-0.1, -0.05) is 19.9 Å². The number of benzene rings is 1. The van der Waals surface area contributed by atoms with Crippen LogP contribution in [0.1, 0.15) is 19.4 Å². The van der Waals surface area contributed by atoms with Gasteiger partial charge in [0.2, 0.25) is 15.9 Å². The highest BCUT2D eigenvalue weighted by molar-refractivity contribution is 7.89. The topological polar surface area (TPSA) is 92.5 Å². The minimum Gasteiger partial charge on any atom is -0.344 e. The molecule has 1 rings (SSSR count). The van der Waals surface area contributed by atoms with Crippen molar-refractivity contribution in [2.75, 3.05) is 26.7 Å². The van der Waals surface area contributed by atoms with Gasteiger partial charge in [0.25, 0.3) is 0 Å². The van der Waals surface area contributed by atoms with Gasteiger partial charge in [-0.3, -0.25) is 4.79 Å². The highest BCUT2D eigenvalue weighted by atomic mass is 32.2. The first kappa shape index (κ1) is 21.4. The van der Waals surface area contributed by atoms with Crippen molar-refractivity contribution in [1.82, 2.24) is 9.62 Å². The van der Waals surface area contributed by atoms with Gasteiger partial charge in [0, 0.05) is 13.6 Å². The Balaban J connectivity index is 2.81. The first-order valence-electron chi connectivity index (χ1n) is 7.39. The molecule has 25 heavy (non-hydrogen) atoms. The Labute approximate surface area is 145 Å². The summed E-state index contributed by atoms with van der Waals surface area (Å²) in [6.45, 7) is 3.79. The number of nitrogens with two attached hydrogens (primary N) is 1. The maximum absolute atomic E-state index is 12.7. The Kier molecular flexibility index (Phi) is 6.60. The summed E-state index contributed by atoms with van der Waals surface area (Å²) in [6.07, 6.45) is -4.66. The second kappa shape index (κ2) is 7.71. The fourth-order valence-corrected chi connectivity index (χ4v) is 3.03. The summed E-state index contributed by atoms with van der Waals surface area (Å²) in [4.78, 5) is 12.8. The zero-order chi connectivity index (χ0) is 19.5. The van der Waals surface area contributed by atoms with Gasteiger partial charge in [-0.15, -0.1) is 0 Å². The molecule has 0 aliphatic rings. The average molecular weight is 381 g/mol. The van der Waals surface area contributed by atoms with E-state index in [4.69, 9.17) is 5.73 Å². The van der Waals surface area contributed by atoms with Crippen LogP contribution in [0.3, 0.4) is 0 Å².